The summed E-state index contributed by atoms with van der Waals surface area (Å²) in [5.74, 6) is 1.05. The Morgan fingerprint density at radius 1 is 1.50 bits per heavy atom. The van der Waals surface area contributed by atoms with E-state index in [1.165, 1.54) is 31.2 Å². The number of pyridine rings is 1. The molecule has 1 fully saturated rings. The number of hydrogen-bond acceptors (Lipinski definition) is 2. The van der Waals surface area contributed by atoms with Gasteiger partial charge < -0.3 is 10.2 Å². The molecule has 0 radical (unpaired) electrons. The van der Waals surface area contributed by atoms with Gasteiger partial charge in [0.15, 0.2) is 5.96 Å². The first-order valence-corrected chi connectivity index (χ1v) is 8.51. The molecule has 4 heteroatoms. The van der Waals surface area contributed by atoms with Crippen LogP contribution in [-0.2, 0) is 6.42 Å². The number of guanidine groups is 1. The molecule has 0 bridgehead atoms. The van der Waals surface area contributed by atoms with E-state index in [0.717, 1.165) is 32.0 Å². The second kappa shape index (κ2) is 8.16. The fraction of sp³-hybridized carbons (Fsp3) is 0.667. The number of nitrogens with one attached hydrogen (secondary N) is 1. The Labute approximate surface area is 135 Å². The van der Waals surface area contributed by atoms with E-state index in [1.807, 2.05) is 25.5 Å². The lowest BCUT2D eigenvalue weighted by atomic mass is 9.78. The van der Waals surface area contributed by atoms with Gasteiger partial charge in [0, 0.05) is 39.1 Å². The predicted octanol–water partition coefficient (Wildman–Crippen LogP) is 3.10. The van der Waals surface area contributed by atoms with Gasteiger partial charge >= 0.3 is 0 Å². The summed E-state index contributed by atoms with van der Waals surface area (Å²) < 4.78 is 0. The minimum atomic E-state index is 0.438. The van der Waals surface area contributed by atoms with Crippen LogP contribution in [0.5, 0.6) is 0 Å². The number of nitrogens with zero attached hydrogens (tertiary/aromatic N) is 3. The van der Waals surface area contributed by atoms with Crippen LogP contribution in [0.4, 0.5) is 0 Å². The van der Waals surface area contributed by atoms with Crippen LogP contribution in [0.1, 0.15) is 45.1 Å². The maximum Gasteiger partial charge on any atom is 0.193 e. The van der Waals surface area contributed by atoms with Crippen LogP contribution in [0.2, 0.25) is 0 Å². The van der Waals surface area contributed by atoms with E-state index in [1.54, 1.807) is 0 Å². The van der Waals surface area contributed by atoms with E-state index >= 15 is 0 Å². The van der Waals surface area contributed by atoms with Gasteiger partial charge in [0.2, 0.25) is 0 Å². The van der Waals surface area contributed by atoms with Crippen molar-refractivity contribution in [2.75, 3.05) is 26.7 Å². The highest BCUT2D eigenvalue weighted by Gasteiger charge is 2.31. The average molecular weight is 302 g/mol. The van der Waals surface area contributed by atoms with Crippen molar-refractivity contribution in [2.45, 2.75) is 46.0 Å². The maximum atomic E-state index is 4.48. The Kier molecular flexibility index (Phi) is 6.22. The standard InChI is InChI=1S/C18H30N4/c1-4-9-18(2)10-6-13-22(15-18)17(19-3)21-12-8-16-7-5-11-20-14-16/h5,7,11,14H,4,6,8-10,12-13,15H2,1-3H3,(H,19,21). The summed E-state index contributed by atoms with van der Waals surface area (Å²) in [5.41, 5.74) is 1.70. The molecule has 1 atom stereocenters. The third-order valence-electron chi connectivity index (χ3n) is 4.57. The van der Waals surface area contributed by atoms with Crippen LogP contribution in [0.25, 0.3) is 0 Å². The third-order valence-corrected chi connectivity index (χ3v) is 4.57. The van der Waals surface area contributed by atoms with Crippen molar-refractivity contribution in [3.8, 4) is 0 Å². The van der Waals surface area contributed by atoms with E-state index < -0.39 is 0 Å². The number of likely N-dealkylation sites (tertiary alicyclic amines) is 1. The minimum absolute atomic E-state index is 0.438. The lowest BCUT2D eigenvalue weighted by Gasteiger charge is -2.42. The fourth-order valence-corrected chi connectivity index (χ4v) is 3.50. The molecule has 0 aliphatic carbocycles. The number of aromatic nitrogens is 1. The zero-order valence-electron chi connectivity index (χ0n) is 14.3. The molecule has 1 aliphatic heterocycles. The lowest BCUT2D eigenvalue weighted by molar-refractivity contribution is 0.142. The van der Waals surface area contributed by atoms with Crippen LogP contribution in [-0.4, -0.2) is 42.5 Å². The Morgan fingerprint density at radius 2 is 2.36 bits per heavy atom. The third kappa shape index (κ3) is 4.72. The largest absolute Gasteiger partial charge is 0.356 e. The number of hydrogen-bond donors (Lipinski definition) is 1. The molecule has 1 saturated heterocycles. The first-order valence-electron chi connectivity index (χ1n) is 8.51. The zero-order valence-corrected chi connectivity index (χ0v) is 14.3. The molecule has 122 valence electrons. The Morgan fingerprint density at radius 3 is 3.05 bits per heavy atom. The van der Waals surface area contributed by atoms with E-state index in [0.29, 0.717) is 5.41 Å². The van der Waals surface area contributed by atoms with Crippen LogP contribution < -0.4 is 5.32 Å². The van der Waals surface area contributed by atoms with Gasteiger partial charge in [-0.05, 0) is 42.7 Å². The summed E-state index contributed by atoms with van der Waals surface area (Å²) >= 11 is 0. The number of aliphatic imine (C=N–C) groups is 1. The molecule has 2 rings (SSSR count). The van der Waals surface area contributed by atoms with E-state index in [4.69, 9.17) is 0 Å². The second-order valence-electron chi connectivity index (χ2n) is 6.67. The van der Waals surface area contributed by atoms with Gasteiger partial charge in [-0.2, -0.15) is 0 Å². The van der Waals surface area contributed by atoms with Crippen molar-refractivity contribution in [1.29, 1.82) is 0 Å². The zero-order chi connectivity index (χ0) is 15.8. The first-order chi connectivity index (χ1) is 10.7. The van der Waals surface area contributed by atoms with Crippen LogP contribution in [0, 0.1) is 5.41 Å². The van der Waals surface area contributed by atoms with Crippen molar-refractivity contribution in [1.82, 2.24) is 15.2 Å². The summed E-state index contributed by atoms with van der Waals surface area (Å²) in [6.45, 7) is 7.84. The summed E-state index contributed by atoms with van der Waals surface area (Å²) in [5, 5.41) is 3.52. The second-order valence-corrected chi connectivity index (χ2v) is 6.67. The highest BCUT2D eigenvalue weighted by molar-refractivity contribution is 5.80. The van der Waals surface area contributed by atoms with Crippen molar-refractivity contribution in [3.05, 3.63) is 30.1 Å². The smallest absolute Gasteiger partial charge is 0.193 e. The lowest BCUT2D eigenvalue weighted by Crippen LogP contribution is -2.50. The number of rotatable bonds is 5. The average Bonchev–Trinajstić information content (AvgIpc) is 2.52. The molecule has 0 amide bonds. The molecule has 0 spiro atoms. The topological polar surface area (TPSA) is 40.5 Å². The fourth-order valence-electron chi connectivity index (χ4n) is 3.50. The molecule has 22 heavy (non-hydrogen) atoms. The molecule has 1 unspecified atom stereocenters. The molecule has 1 N–H and O–H groups in total. The van der Waals surface area contributed by atoms with E-state index in [9.17, 15) is 0 Å². The molecule has 1 aromatic rings. The summed E-state index contributed by atoms with van der Waals surface area (Å²) in [6, 6.07) is 4.11. The van der Waals surface area contributed by atoms with Gasteiger partial charge in [0.05, 0.1) is 0 Å². The van der Waals surface area contributed by atoms with E-state index in [-0.39, 0.29) is 0 Å². The molecule has 0 saturated carbocycles. The Balaban J connectivity index is 1.86. The molecule has 4 nitrogen and oxygen atoms in total. The van der Waals surface area contributed by atoms with Crippen molar-refractivity contribution in [2.24, 2.45) is 10.4 Å². The summed E-state index contributed by atoms with van der Waals surface area (Å²) in [4.78, 5) is 11.1. The Hall–Kier alpha value is -1.58. The highest BCUT2D eigenvalue weighted by Crippen LogP contribution is 2.33. The van der Waals surface area contributed by atoms with Gasteiger partial charge in [-0.25, -0.2) is 0 Å². The van der Waals surface area contributed by atoms with Gasteiger partial charge in [-0.1, -0.05) is 26.3 Å². The van der Waals surface area contributed by atoms with Crippen LogP contribution >= 0.6 is 0 Å². The molecule has 1 aliphatic rings. The van der Waals surface area contributed by atoms with Crippen LogP contribution in [0.15, 0.2) is 29.5 Å². The van der Waals surface area contributed by atoms with Gasteiger partial charge in [-0.15, -0.1) is 0 Å². The molecular weight excluding hydrogens is 272 g/mol. The van der Waals surface area contributed by atoms with Crippen LogP contribution in [0.3, 0.4) is 0 Å². The molecular formula is C18H30N4. The minimum Gasteiger partial charge on any atom is -0.356 e. The van der Waals surface area contributed by atoms with E-state index in [2.05, 4.69) is 40.1 Å². The molecule has 0 aromatic carbocycles. The predicted molar refractivity (Wildman–Crippen MR) is 93.1 cm³/mol. The summed E-state index contributed by atoms with van der Waals surface area (Å²) in [6.07, 6.45) is 9.89. The number of piperidine rings is 1. The van der Waals surface area contributed by atoms with Crippen molar-refractivity contribution >= 4 is 5.96 Å². The Bertz CT molecular complexity index is 467. The normalized spacial score (nSPS) is 22.7. The van der Waals surface area contributed by atoms with Gasteiger partial charge in [0.1, 0.15) is 0 Å². The monoisotopic (exact) mass is 302 g/mol. The summed E-state index contributed by atoms with van der Waals surface area (Å²) in [7, 11) is 1.89. The quantitative estimate of drug-likeness (QED) is 0.671. The van der Waals surface area contributed by atoms with Crippen molar-refractivity contribution < 1.29 is 0 Å². The molecule has 2 heterocycles. The van der Waals surface area contributed by atoms with Gasteiger partial charge in [-0.3, -0.25) is 9.98 Å². The first kappa shape index (κ1) is 16.8. The SMILES string of the molecule is CCCC1(C)CCCN(C(=NC)NCCc2cccnc2)C1. The van der Waals surface area contributed by atoms with Gasteiger partial charge in [0.25, 0.3) is 0 Å². The van der Waals surface area contributed by atoms with Crippen molar-refractivity contribution in [3.63, 3.8) is 0 Å². The highest BCUT2D eigenvalue weighted by atomic mass is 15.3. The maximum absolute atomic E-state index is 4.48. The molecule has 1 aromatic heterocycles.